The number of nitrogens with one attached hydrogen (secondary N) is 1. The molecule has 7 rings (SSSR count). The minimum Gasteiger partial charge on any atom is -0.489 e. The Bertz CT molecular complexity index is 1830. The van der Waals surface area contributed by atoms with Crippen molar-refractivity contribution in [1.82, 2.24) is 29.0 Å². The van der Waals surface area contributed by atoms with Crippen molar-refractivity contribution < 1.29 is 13.9 Å². The summed E-state index contributed by atoms with van der Waals surface area (Å²) in [6.45, 7) is 5.83. The summed E-state index contributed by atoms with van der Waals surface area (Å²) < 4.78 is 26.1. The summed E-state index contributed by atoms with van der Waals surface area (Å²) in [5.74, 6) is 1.71. The third-order valence-electron chi connectivity index (χ3n) is 8.60. The minimum absolute atomic E-state index is 0.0432. The zero-order chi connectivity index (χ0) is 29.1. The molecule has 0 unspecified atom stereocenters. The molecule has 1 aliphatic carbocycles. The van der Waals surface area contributed by atoms with Gasteiger partial charge < -0.3 is 29.5 Å². The lowest BCUT2D eigenvalue weighted by molar-refractivity contribution is 0.0945. The topological polar surface area (TPSA) is 105 Å². The first-order chi connectivity index (χ1) is 20.3. The molecule has 0 spiro atoms. The van der Waals surface area contributed by atoms with E-state index in [0.29, 0.717) is 25.5 Å². The molecule has 2 atom stereocenters. The smallest absolute Gasteiger partial charge is 0.251 e. The number of fused-ring (bicyclic) bond motifs is 3. The van der Waals surface area contributed by atoms with Crippen LogP contribution in [-0.4, -0.2) is 48.8 Å². The van der Waals surface area contributed by atoms with Gasteiger partial charge >= 0.3 is 0 Å². The van der Waals surface area contributed by atoms with Crippen LogP contribution in [0.3, 0.4) is 0 Å². The number of hydrogen-bond acceptors (Lipinski definition) is 5. The van der Waals surface area contributed by atoms with E-state index in [9.17, 15) is 9.18 Å². The van der Waals surface area contributed by atoms with Crippen molar-refractivity contribution in [3.05, 3.63) is 65.5 Å². The van der Waals surface area contributed by atoms with Crippen LogP contribution in [0.15, 0.2) is 42.9 Å². The lowest BCUT2D eigenvalue weighted by Crippen LogP contribution is -2.34. The van der Waals surface area contributed by atoms with Crippen molar-refractivity contribution in [3.8, 4) is 17.3 Å². The van der Waals surface area contributed by atoms with E-state index in [4.69, 9.17) is 15.5 Å². The van der Waals surface area contributed by atoms with E-state index >= 15 is 0 Å². The Labute approximate surface area is 243 Å². The second-order valence-corrected chi connectivity index (χ2v) is 12.0. The highest BCUT2D eigenvalue weighted by atomic mass is 19.1. The van der Waals surface area contributed by atoms with Gasteiger partial charge in [0.15, 0.2) is 5.82 Å². The normalized spacial score (nSPS) is 16.5. The third-order valence-corrected chi connectivity index (χ3v) is 8.60. The number of carbonyl (C=O) groups excluding carboxylic acids is 1. The van der Waals surface area contributed by atoms with Gasteiger partial charge in [-0.25, -0.2) is 9.97 Å². The van der Waals surface area contributed by atoms with Crippen LogP contribution in [0.2, 0.25) is 0 Å². The number of halogens is 1. The number of aromatic nitrogens is 5. The number of imidazole rings is 2. The van der Waals surface area contributed by atoms with Crippen LogP contribution in [0.25, 0.3) is 33.5 Å². The molecular weight excluding hydrogens is 533 g/mol. The van der Waals surface area contributed by atoms with Crippen LogP contribution in [-0.2, 0) is 26.4 Å². The molecule has 1 saturated carbocycles. The zero-order valence-electron chi connectivity index (χ0n) is 24.2. The van der Waals surface area contributed by atoms with Gasteiger partial charge in [-0.1, -0.05) is 12.1 Å². The molecule has 1 aliphatic heterocycles. The number of rotatable bonds is 9. The van der Waals surface area contributed by atoms with Crippen LogP contribution in [0.5, 0.6) is 5.75 Å². The summed E-state index contributed by atoms with van der Waals surface area (Å²) >= 11 is 0. The Kier molecular flexibility index (Phi) is 6.53. The molecule has 0 radical (unpaired) electrons. The van der Waals surface area contributed by atoms with Crippen molar-refractivity contribution in [1.29, 1.82) is 0 Å². The molecule has 0 saturated heterocycles. The number of nitrogens with zero attached hydrogens (tertiary/aromatic N) is 5. The van der Waals surface area contributed by atoms with Crippen LogP contribution in [0.4, 0.5) is 4.39 Å². The number of para-hydroxylation sites is 1. The molecule has 3 N–H and O–H groups in total. The molecule has 3 aromatic heterocycles. The standard InChI is InChI=1S/C32H36FN7O2/c1-18(34)11-23-28-21(9-10-35-32(28)41)12-24-29(23)37-31(38(24)3)25-13-22-5-4-6-26(30(22)40(25)14-20-7-8-20)42-16-19(2)39-15-27(33)36-17-39/h4-6,12-13,15,17-20H,7-11,14,16,34H2,1-3H3,(H,35,41)/t18-,19-/m1/s1. The van der Waals surface area contributed by atoms with E-state index in [1.807, 2.05) is 26.0 Å². The molecule has 1 fully saturated rings. The highest BCUT2D eigenvalue weighted by molar-refractivity contribution is 6.03. The maximum atomic E-state index is 13.5. The number of amides is 1. The number of ether oxygens (including phenoxy) is 1. The van der Waals surface area contributed by atoms with E-state index in [2.05, 4.69) is 44.7 Å². The summed E-state index contributed by atoms with van der Waals surface area (Å²) in [5, 5.41) is 4.08. The van der Waals surface area contributed by atoms with Crippen molar-refractivity contribution in [2.75, 3.05) is 13.2 Å². The van der Waals surface area contributed by atoms with Gasteiger partial charge in [-0.05, 0) is 74.8 Å². The summed E-state index contributed by atoms with van der Waals surface area (Å²) in [6, 6.07) is 10.2. The lowest BCUT2D eigenvalue weighted by atomic mass is 9.91. The highest BCUT2D eigenvalue weighted by Gasteiger charge is 2.29. The van der Waals surface area contributed by atoms with Gasteiger partial charge in [0.25, 0.3) is 5.91 Å². The van der Waals surface area contributed by atoms with Gasteiger partial charge in [0.2, 0.25) is 5.95 Å². The molecule has 10 heteroatoms. The Hall–Kier alpha value is -4.18. The fraction of sp³-hybridized carbons (Fsp3) is 0.406. The monoisotopic (exact) mass is 569 g/mol. The molecule has 4 heterocycles. The SMILES string of the molecule is C[C@H](COc1cccc2cc(-c3nc4c(C[C@@H](C)N)c5c(cc4n3C)CCNC5=O)n(CC3CC3)c12)n1cnc(F)c1. The summed E-state index contributed by atoms with van der Waals surface area (Å²) in [6.07, 6.45) is 6.64. The van der Waals surface area contributed by atoms with Crippen molar-refractivity contribution in [3.63, 3.8) is 0 Å². The van der Waals surface area contributed by atoms with Crippen LogP contribution < -0.4 is 15.8 Å². The number of carbonyl (C=O) groups is 1. The van der Waals surface area contributed by atoms with Crippen molar-refractivity contribution in [2.45, 2.75) is 58.2 Å². The largest absolute Gasteiger partial charge is 0.489 e. The van der Waals surface area contributed by atoms with E-state index in [0.717, 1.165) is 68.9 Å². The molecule has 1 amide bonds. The van der Waals surface area contributed by atoms with Gasteiger partial charge in [0.1, 0.15) is 12.4 Å². The quantitative estimate of drug-likeness (QED) is 0.267. The Morgan fingerprint density at radius 2 is 2.07 bits per heavy atom. The maximum absolute atomic E-state index is 13.5. The second-order valence-electron chi connectivity index (χ2n) is 12.0. The van der Waals surface area contributed by atoms with E-state index in [-0.39, 0.29) is 18.0 Å². The van der Waals surface area contributed by atoms with Gasteiger partial charge in [-0.15, -0.1) is 0 Å². The molecule has 2 aliphatic rings. The van der Waals surface area contributed by atoms with Gasteiger partial charge in [-0.3, -0.25) is 4.79 Å². The van der Waals surface area contributed by atoms with Crippen molar-refractivity contribution in [2.24, 2.45) is 18.7 Å². The minimum atomic E-state index is -0.500. The number of hydrogen-bond donors (Lipinski definition) is 2. The maximum Gasteiger partial charge on any atom is 0.251 e. The van der Waals surface area contributed by atoms with Gasteiger partial charge in [0.05, 0.1) is 40.8 Å². The first-order valence-corrected chi connectivity index (χ1v) is 14.8. The average molecular weight is 570 g/mol. The molecule has 218 valence electrons. The predicted octanol–water partition coefficient (Wildman–Crippen LogP) is 4.76. The highest BCUT2D eigenvalue weighted by Crippen LogP contribution is 2.40. The predicted molar refractivity (Wildman–Crippen MR) is 160 cm³/mol. The van der Waals surface area contributed by atoms with Gasteiger partial charge in [0, 0.05) is 37.1 Å². The number of aryl methyl sites for hydroxylation is 1. The summed E-state index contributed by atoms with van der Waals surface area (Å²) in [7, 11) is 2.05. The summed E-state index contributed by atoms with van der Waals surface area (Å²) in [4.78, 5) is 21.9. The Morgan fingerprint density at radius 1 is 1.24 bits per heavy atom. The second kappa shape index (κ2) is 10.3. The zero-order valence-corrected chi connectivity index (χ0v) is 24.2. The fourth-order valence-electron chi connectivity index (χ4n) is 6.27. The van der Waals surface area contributed by atoms with Gasteiger partial charge in [-0.2, -0.15) is 4.39 Å². The number of nitrogens with two attached hydrogens (primary N) is 1. The third kappa shape index (κ3) is 4.63. The van der Waals surface area contributed by atoms with Crippen molar-refractivity contribution >= 4 is 27.8 Å². The van der Waals surface area contributed by atoms with Crippen LogP contribution in [0, 0.1) is 11.9 Å². The molecule has 42 heavy (non-hydrogen) atoms. The molecular formula is C32H36FN7O2. The average Bonchev–Trinajstić information content (AvgIpc) is 3.41. The summed E-state index contributed by atoms with van der Waals surface area (Å²) in [5.41, 5.74) is 12.9. The lowest BCUT2D eigenvalue weighted by Gasteiger charge is -2.21. The van der Waals surface area contributed by atoms with Crippen LogP contribution in [0.1, 0.15) is 54.2 Å². The molecule has 5 aromatic rings. The Morgan fingerprint density at radius 3 is 2.81 bits per heavy atom. The van der Waals surface area contributed by atoms with E-state index < -0.39 is 5.95 Å². The Balaban J connectivity index is 1.36. The fourth-order valence-corrected chi connectivity index (χ4v) is 6.27. The molecule has 9 nitrogen and oxygen atoms in total. The first-order valence-electron chi connectivity index (χ1n) is 14.8. The first kappa shape index (κ1) is 26.7. The van der Waals surface area contributed by atoms with Crippen LogP contribution >= 0.6 is 0 Å². The molecule has 0 bridgehead atoms. The molecule has 2 aromatic carbocycles. The number of benzene rings is 2. The van der Waals surface area contributed by atoms with E-state index in [1.54, 1.807) is 4.57 Å². The van der Waals surface area contributed by atoms with E-state index in [1.165, 1.54) is 25.4 Å².